The fourth-order valence-corrected chi connectivity index (χ4v) is 2.09. The van der Waals surface area contributed by atoms with Crippen molar-refractivity contribution in [1.82, 2.24) is 4.98 Å². The SMILES string of the molecule is C=C1OB(c2ccc(-c3ccccc3)nc2)OC1(C)C. The van der Waals surface area contributed by atoms with Gasteiger partial charge in [0.2, 0.25) is 0 Å². The molecule has 3 nitrogen and oxygen atoms in total. The number of pyridine rings is 1. The van der Waals surface area contributed by atoms with Crippen LogP contribution in [0.1, 0.15) is 13.8 Å². The molecule has 0 saturated carbocycles. The van der Waals surface area contributed by atoms with Crippen LogP contribution in [0.4, 0.5) is 0 Å². The lowest BCUT2D eigenvalue weighted by atomic mass is 9.80. The van der Waals surface area contributed by atoms with Crippen molar-refractivity contribution in [2.75, 3.05) is 0 Å². The third-order valence-corrected chi connectivity index (χ3v) is 3.45. The lowest BCUT2D eigenvalue weighted by Crippen LogP contribution is -2.34. The summed E-state index contributed by atoms with van der Waals surface area (Å²) in [7, 11) is -0.421. The van der Waals surface area contributed by atoms with Gasteiger partial charge in [-0.1, -0.05) is 43.0 Å². The van der Waals surface area contributed by atoms with Crippen LogP contribution in [0.15, 0.2) is 61.0 Å². The van der Waals surface area contributed by atoms with E-state index in [2.05, 4.69) is 11.6 Å². The van der Waals surface area contributed by atoms with Gasteiger partial charge in [0.05, 0.1) is 11.5 Å². The predicted molar refractivity (Wildman–Crippen MR) is 80.5 cm³/mol. The Morgan fingerprint density at radius 1 is 1.10 bits per heavy atom. The molecule has 4 heteroatoms. The van der Waals surface area contributed by atoms with E-state index >= 15 is 0 Å². The van der Waals surface area contributed by atoms with Crippen molar-refractivity contribution in [3.05, 3.63) is 61.0 Å². The molecule has 0 spiro atoms. The van der Waals surface area contributed by atoms with Gasteiger partial charge < -0.3 is 9.31 Å². The third-order valence-electron chi connectivity index (χ3n) is 3.45. The first-order valence-electron chi connectivity index (χ1n) is 6.61. The van der Waals surface area contributed by atoms with Crippen LogP contribution in [0, 0.1) is 0 Å². The molecule has 0 amide bonds. The molecule has 100 valence electrons. The summed E-state index contributed by atoms with van der Waals surface area (Å²) in [6.45, 7) is 7.77. The highest BCUT2D eigenvalue weighted by Crippen LogP contribution is 2.29. The van der Waals surface area contributed by atoms with Crippen LogP contribution in [0.3, 0.4) is 0 Å². The van der Waals surface area contributed by atoms with Gasteiger partial charge in [-0.2, -0.15) is 0 Å². The summed E-state index contributed by atoms with van der Waals surface area (Å²) in [4.78, 5) is 4.48. The molecule has 1 fully saturated rings. The zero-order valence-corrected chi connectivity index (χ0v) is 11.7. The number of nitrogens with zero attached hydrogens (tertiary/aromatic N) is 1. The van der Waals surface area contributed by atoms with Gasteiger partial charge >= 0.3 is 7.12 Å². The smallest absolute Gasteiger partial charge is 0.534 e. The maximum Gasteiger partial charge on any atom is 0.564 e. The van der Waals surface area contributed by atoms with E-state index in [-0.39, 0.29) is 0 Å². The van der Waals surface area contributed by atoms with E-state index in [0.29, 0.717) is 5.76 Å². The second-order valence-corrected chi connectivity index (χ2v) is 5.34. The van der Waals surface area contributed by atoms with Gasteiger partial charge in [-0.25, -0.2) is 0 Å². The van der Waals surface area contributed by atoms with E-state index < -0.39 is 12.7 Å². The van der Waals surface area contributed by atoms with Crippen molar-refractivity contribution in [2.24, 2.45) is 0 Å². The number of rotatable bonds is 2. The highest BCUT2D eigenvalue weighted by Gasteiger charge is 2.42. The highest BCUT2D eigenvalue weighted by molar-refractivity contribution is 6.62. The highest BCUT2D eigenvalue weighted by atomic mass is 16.7. The Labute approximate surface area is 119 Å². The number of aromatic nitrogens is 1. The zero-order valence-electron chi connectivity index (χ0n) is 11.7. The van der Waals surface area contributed by atoms with Crippen LogP contribution in [-0.4, -0.2) is 17.7 Å². The predicted octanol–water partition coefficient (Wildman–Crippen LogP) is 2.78. The maximum absolute atomic E-state index is 5.83. The quantitative estimate of drug-likeness (QED) is 0.782. The molecule has 0 unspecified atom stereocenters. The first kappa shape index (κ1) is 12.9. The molecule has 1 aromatic carbocycles. The van der Waals surface area contributed by atoms with Gasteiger partial charge in [-0.3, -0.25) is 4.98 Å². The van der Waals surface area contributed by atoms with Crippen molar-refractivity contribution in [3.8, 4) is 11.3 Å². The monoisotopic (exact) mass is 265 g/mol. The summed E-state index contributed by atoms with van der Waals surface area (Å²) in [6, 6.07) is 14.0. The van der Waals surface area contributed by atoms with Gasteiger partial charge in [0.1, 0.15) is 5.60 Å². The number of hydrogen-bond donors (Lipinski definition) is 0. The number of benzene rings is 1. The molecule has 0 atom stereocenters. The van der Waals surface area contributed by atoms with E-state index in [4.69, 9.17) is 9.31 Å². The Kier molecular flexibility index (Phi) is 3.11. The summed E-state index contributed by atoms with van der Waals surface area (Å²) >= 11 is 0. The first-order valence-corrected chi connectivity index (χ1v) is 6.61. The maximum atomic E-state index is 5.83. The Morgan fingerprint density at radius 2 is 1.85 bits per heavy atom. The van der Waals surface area contributed by atoms with Crippen molar-refractivity contribution in [1.29, 1.82) is 0 Å². The Morgan fingerprint density at radius 3 is 2.40 bits per heavy atom. The van der Waals surface area contributed by atoms with Crippen LogP contribution >= 0.6 is 0 Å². The molecule has 0 N–H and O–H groups in total. The molecule has 0 radical (unpaired) electrons. The Hall–Kier alpha value is -2.07. The zero-order chi connectivity index (χ0) is 14.2. The van der Waals surface area contributed by atoms with Crippen molar-refractivity contribution in [3.63, 3.8) is 0 Å². The molecule has 1 aliphatic rings. The first-order chi connectivity index (χ1) is 9.56. The minimum Gasteiger partial charge on any atom is -0.534 e. The van der Waals surface area contributed by atoms with E-state index in [1.54, 1.807) is 6.20 Å². The summed E-state index contributed by atoms with van der Waals surface area (Å²) in [6.07, 6.45) is 1.79. The summed E-state index contributed by atoms with van der Waals surface area (Å²) in [5, 5.41) is 0. The lowest BCUT2D eigenvalue weighted by Gasteiger charge is -2.15. The molecule has 1 aromatic heterocycles. The summed E-state index contributed by atoms with van der Waals surface area (Å²) in [5.74, 6) is 0.648. The van der Waals surface area contributed by atoms with Crippen LogP contribution in [0.2, 0.25) is 0 Å². The standard InChI is InChI=1S/C16H16BNO2/c1-12-16(2,3)20-17(19-12)14-9-10-15(18-11-14)13-7-5-4-6-8-13/h4-11H,1H2,2-3H3. The van der Waals surface area contributed by atoms with Crippen molar-refractivity contribution < 1.29 is 9.31 Å². The van der Waals surface area contributed by atoms with E-state index in [9.17, 15) is 0 Å². The molecule has 2 heterocycles. The van der Waals surface area contributed by atoms with Gasteiger partial charge in [-0.15, -0.1) is 0 Å². The minimum absolute atomic E-state index is 0.421. The minimum atomic E-state index is -0.456. The normalized spacial score (nSPS) is 17.1. The third kappa shape index (κ3) is 2.34. The van der Waals surface area contributed by atoms with Crippen LogP contribution < -0.4 is 5.46 Å². The molecule has 0 bridgehead atoms. The van der Waals surface area contributed by atoms with E-state index in [0.717, 1.165) is 16.7 Å². The molecule has 0 aliphatic carbocycles. The Balaban J connectivity index is 1.83. The van der Waals surface area contributed by atoms with Gasteiger partial charge in [0, 0.05) is 17.2 Å². The van der Waals surface area contributed by atoms with Crippen molar-refractivity contribution >= 4 is 12.6 Å². The second-order valence-electron chi connectivity index (χ2n) is 5.34. The molecule has 20 heavy (non-hydrogen) atoms. The fourth-order valence-electron chi connectivity index (χ4n) is 2.09. The van der Waals surface area contributed by atoms with Gasteiger partial charge in [0.25, 0.3) is 0 Å². The molecule has 3 rings (SSSR count). The largest absolute Gasteiger partial charge is 0.564 e. The summed E-state index contributed by atoms with van der Waals surface area (Å²) in [5.41, 5.74) is 2.47. The molecule has 1 saturated heterocycles. The lowest BCUT2D eigenvalue weighted by molar-refractivity contribution is 0.173. The Bertz CT molecular complexity index is 623. The van der Waals surface area contributed by atoms with E-state index in [1.807, 2.05) is 56.3 Å². The average molecular weight is 265 g/mol. The van der Waals surface area contributed by atoms with Crippen molar-refractivity contribution in [2.45, 2.75) is 19.4 Å². The molecular weight excluding hydrogens is 249 g/mol. The topological polar surface area (TPSA) is 31.4 Å². The molecule has 1 aliphatic heterocycles. The van der Waals surface area contributed by atoms with E-state index in [1.165, 1.54) is 0 Å². The van der Waals surface area contributed by atoms with Gasteiger partial charge in [-0.05, 0) is 19.9 Å². The van der Waals surface area contributed by atoms with Crippen LogP contribution in [-0.2, 0) is 9.31 Å². The van der Waals surface area contributed by atoms with Crippen LogP contribution in [0.5, 0.6) is 0 Å². The molecular formula is C16H16BNO2. The van der Waals surface area contributed by atoms with Crippen LogP contribution in [0.25, 0.3) is 11.3 Å². The fraction of sp³-hybridized carbons (Fsp3) is 0.188. The van der Waals surface area contributed by atoms with Gasteiger partial charge in [0.15, 0.2) is 0 Å². The number of hydrogen-bond acceptors (Lipinski definition) is 3. The molecule has 2 aromatic rings. The average Bonchev–Trinajstić information content (AvgIpc) is 2.74. The summed E-state index contributed by atoms with van der Waals surface area (Å²) < 4.78 is 11.5. The second kappa shape index (κ2) is 4.80.